The second-order valence-corrected chi connectivity index (χ2v) is 5.09. The highest BCUT2D eigenvalue weighted by Gasteiger charge is 2.18. The molecule has 2 aromatic rings. The monoisotopic (exact) mass is 297 g/mol. The van der Waals surface area contributed by atoms with E-state index in [2.05, 4.69) is 5.32 Å². The molecule has 1 amide bonds. The molecule has 0 heterocycles. The van der Waals surface area contributed by atoms with E-state index in [1.54, 1.807) is 6.07 Å². The number of ether oxygens (including phenoxy) is 1. The molecule has 114 valence electrons. The van der Waals surface area contributed by atoms with Crippen molar-refractivity contribution in [2.24, 2.45) is 0 Å². The summed E-state index contributed by atoms with van der Waals surface area (Å²) in [6.45, 7) is 1.91. The van der Waals surface area contributed by atoms with Crippen molar-refractivity contribution in [3.05, 3.63) is 65.7 Å². The van der Waals surface area contributed by atoms with Crippen molar-refractivity contribution >= 4 is 17.6 Å². The minimum Gasteiger partial charge on any atom is -0.469 e. The molecular formula is C18H19NO3. The Balaban J connectivity index is 2.20. The lowest BCUT2D eigenvalue weighted by atomic mass is 9.92. The summed E-state index contributed by atoms with van der Waals surface area (Å²) in [7, 11) is 1.36. The zero-order valence-electron chi connectivity index (χ0n) is 12.7. The van der Waals surface area contributed by atoms with Crippen LogP contribution in [0.4, 0.5) is 5.69 Å². The van der Waals surface area contributed by atoms with Crippen LogP contribution in [-0.2, 0) is 9.53 Å². The zero-order chi connectivity index (χ0) is 15.9. The number of esters is 1. The fourth-order valence-corrected chi connectivity index (χ4v) is 2.30. The molecule has 4 nitrogen and oxygen atoms in total. The third-order valence-electron chi connectivity index (χ3n) is 3.47. The van der Waals surface area contributed by atoms with E-state index < -0.39 is 0 Å². The van der Waals surface area contributed by atoms with Gasteiger partial charge >= 0.3 is 5.97 Å². The second-order valence-electron chi connectivity index (χ2n) is 5.09. The molecule has 0 aliphatic heterocycles. The lowest BCUT2D eigenvalue weighted by molar-refractivity contribution is -0.140. The number of nitrogens with one attached hydrogen (secondary N) is 1. The van der Waals surface area contributed by atoms with Crippen LogP contribution in [0.2, 0.25) is 0 Å². The van der Waals surface area contributed by atoms with Gasteiger partial charge in [0.15, 0.2) is 0 Å². The molecule has 0 aromatic heterocycles. The van der Waals surface area contributed by atoms with Crippen LogP contribution in [0.25, 0.3) is 0 Å². The fraction of sp³-hybridized carbons (Fsp3) is 0.222. The van der Waals surface area contributed by atoms with Crippen molar-refractivity contribution in [1.82, 2.24) is 0 Å². The molecule has 0 bridgehead atoms. The Bertz CT molecular complexity index is 652. The highest BCUT2D eigenvalue weighted by atomic mass is 16.5. The van der Waals surface area contributed by atoms with Gasteiger partial charge in [-0.3, -0.25) is 9.59 Å². The number of para-hydroxylation sites is 1. The topological polar surface area (TPSA) is 55.4 Å². The maximum Gasteiger partial charge on any atom is 0.306 e. The molecule has 4 heteroatoms. The summed E-state index contributed by atoms with van der Waals surface area (Å²) in [5.74, 6) is -0.561. The molecule has 2 rings (SSSR count). The second kappa shape index (κ2) is 7.41. The number of carbonyl (C=O) groups is 2. The number of benzene rings is 2. The molecule has 0 saturated heterocycles. The van der Waals surface area contributed by atoms with Crippen LogP contribution in [0.3, 0.4) is 0 Å². The molecule has 0 radical (unpaired) electrons. The zero-order valence-corrected chi connectivity index (χ0v) is 12.7. The summed E-state index contributed by atoms with van der Waals surface area (Å²) in [5, 5.41) is 2.87. The van der Waals surface area contributed by atoms with Crippen LogP contribution < -0.4 is 5.32 Å². The predicted molar refractivity (Wildman–Crippen MR) is 85.9 cm³/mol. The van der Waals surface area contributed by atoms with Gasteiger partial charge < -0.3 is 10.1 Å². The standard InChI is InChI=1S/C18H19NO3/c1-13(12-17(20)22-2)15-10-6-7-11-16(15)18(21)19-14-8-4-3-5-9-14/h3-11,13H,12H2,1-2H3,(H,19,21)/t13-/m1/s1. The summed E-state index contributed by atoms with van der Waals surface area (Å²) in [6, 6.07) is 16.6. The Kier molecular flexibility index (Phi) is 5.31. The minimum atomic E-state index is -0.286. The normalized spacial score (nSPS) is 11.5. The Morgan fingerprint density at radius 2 is 1.68 bits per heavy atom. The molecule has 0 fully saturated rings. The van der Waals surface area contributed by atoms with Gasteiger partial charge in [0.2, 0.25) is 0 Å². The van der Waals surface area contributed by atoms with Crippen molar-refractivity contribution in [2.45, 2.75) is 19.3 Å². The predicted octanol–water partition coefficient (Wildman–Crippen LogP) is 3.61. The minimum absolute atomic E-state index is 0.0924. The molecule has 1 N–H and O–H groups in total. The number of anilines is 1. The number of hydrogen-bond acceptors (Lipinski definition) is 3. The molecule has 22 heavy (non-hydrogen) atoms. The summed E-state index contributed by atoms with van der Waals surface area (Å²) in [4.78, 5) is 23.9. The van der Waals surface area contributed by atoms with Gasteiger partial charge in [-0.2, -0.15) is 0 Å². The number of amides is 1. The molecule has 0 spiro atoms. The first-order chi connectivity index (χ1) is 10.6. The number of carbonyl (C=O) groups excluding carboxylic acids is 2. The van der Waals surface area contributed by atoms with E-state index >= 15 is 0 Å². The van der Waals surface area contributed by atoms with Gasteiger partial charge in [-0.25, -0.2) is 0 Å². The van der Waals surface area contributed by atoms with Crippen LogP contribution in [0.15, 0.2) is 54.6 Å². The van der Waals surface area contributed by atoms with E-state index in [0.29, 0.717) is 5.56 Å². The Morgan fingerprint density at radius 3 is 2.36 bits per heavy atom. The highest BCUT2D eigenvalue weighted by molar-refractivity contribution is 6.05. The average Bonchev–Trinajstić information content (AvgIpc) is 2.55. The summed E-state index contributed by atoms with van der Waals surface area (Å²) >= 11 is 0. The van der Waals surface area contributed by atoms with Gasteiger partial charge in [0.05, 0.1) is 13.5 Å². The van der Waals surface area contributed by atoms with Crippen LogP contribution in [0.5, 0.6) is 0 Å². The summed E-state index contributed by atoms with van der Waals surface area (Å²) in [5.41, 5.74) is 2.15. The van der Waals surface area contributed by atoms with Crippen molar-refractivity contribution in [3.8, 4) is 0 Å². The van der Waals surface area contributed by atoms with Crippen molar-refractivity contribution in [3.63, 3.8) is 0 Å². The average molecular weight is 297 g/mol. The largest absolute Gasteiger partial charge is 0.469 e. The Labute approximate surface area is 130 Å². The number of hydrogen-bond donors (Lipinski definition) is 1. The number of methoxy groups -OCH3 is 1. The Hall–Kier alpha value is -2.62. The van der Waals surface area contributed by atoms with Crippen LogP contribution in [0, 0.1) is 0 Å². The van der Waals surface area contributed by atoms with Crippen LogP contribution in [-0.4, -0.2) is 19.0 Å². The maximum absolute atomic E-state index is 12.5. The van der Waals surface area contributed by atoms with E-state index in [9.17, 15) is 9.59 Å². The lowest BCUT2D eigenvalue weighted by Gasteiger charge is -2.15. The first kappa shape index (κ1) is 15.8. The van der Waals surface area contributed by atoms with Crippen molar-refractivity contribution in [1.29, 1.82) is 0 Å². The van der Waals surface area contributed by atoms with E-state index in [-0.39, 0.29) is 24.2 Å². The van der Waals surface area contributed by atoms with E-state index in [1.807, 2.05) is 55.5 Å². The smallest absolute Gasteiger partial charge is 0.306 e. The van der Waals surface area contributed by atoms with Gasteiger partial charge in [-0.05, 0) is 29.7 Å². The van der Waals surface area contributed by atoms with Gasteiger partial charge in [-0.1, -0.05) is 43.3 Å². The van der Waals surface area contributed by atoms with Gasteiger partial charge in [-0.15, -0.1) is 0 Å². The molecule has 0 aliphatic carbocycles. The number of rotatable bonds is 5. The SMILES string of the molecule is COC(=O)C[C@@H](C)c1ccccc1C(=O)Nc1ccccc1. The molecule has 1 atom stereocenters. The quantitative estimate of drug-likeness (QED) is 0.858. The van der Waals surface area contributed by atoms with E-state index in [4.69, 9.17) is 4.74 Å². The first-order valence-electron chi connectivity index (χ1n) is 7.14. The third kappa shape index (κ3) is 3.95. The molecular weight excluding hydrogens is 278 g/mol. The first-order valence-corrected chi connectivity index (χ1v) is 7.14. The third-order valence-corrected chi connectivity index (χ3v) is 3.47. The molecule has 0 saturated carbocycles. The lowest BCUT2D eigenvalue weighted by Crippen LogP contribution is -2.16. The van der Waals surface area contributed by atoms with Crippen LogP contribution >= 0.6 is 0 Å². The van der Waals surface area contributed by atoms with Crippen molar-refractivity contribution in [2.75, 3.05) is 12.4 Å². The molecule has 0 unspecified atom stereocenters. The van der Waals surface area contributed by atoms with E-state index in [1.165, 1.54) is 7.11 Å². The fourth-order valence-electron chi connectivity index (χ4n) is 2.30. The summed E-state index contributed by atoms with van der Waals surface area (Å²) in [6.07, 6.45) is 0.242. The van der Waals surface area contributed by atoms with Gasteiger partial charge in [0.25, 0.3) is 5.91 Å². The van der Waals surface area contributed by atoms with E-state index in [0.717, 1.165) is 11.3 Å². The molecule has 2 aromatic carbocycles. The molecule has 0 aliphatic rings. The Morgan fingerprint density at radius 1 is 1.05 bits per heavy atom. The van der Waals surface area contributed by atoms with Crippen molar-refractivity contribution < 1.29 is 14.3 Å². The maximum atomic E-state index is 12.5. The van der Waals surface area contributed by atoms with Gasteiger partial charge in [0.1, 0.15) is 0 Å². The van der Waals surface area contributed by atoms with Gasteiger partial charge in [0, 0.05) is 11.3 Å². The van der Waals surface area contributed by atoms with Crippen LogP contribution in [0.1, 0.15) is 35.2 Å². The highest BCUT2D eigenvalue weighted by Crippen LogP contribution is 2.24. The summed E-state index contributed by atoms with van der Waals surface area (Å²) < 4.78 is 4.70.